The van der Waals surface area contributed by atoms with E-state index in [0.717, 1.165) is 12.8 Å². The second kappa shape index (κ2) is 38.2. The van der Waals surface area contributed by atoms with Crippen molar-refractivity contribution in [1.82, 2.24) is 16.0 Å². The number of hydrogen-bond donors (Lipinski definition) is 6. The van der Waals surface area contributed by atoms with Gasteiger partial charge in [0.25, 0.3) is 0 Å². The van der Waals surface area contributed by atoms with Crippen LogP contribution in [0.2, 0.25) is 0 Å². The van der Waals surface area contributed by atoms with Crippen molar-refractivity contribution >= 4 is 97.9 Å². The van der Waals surface area contributed by atoms with Gasteiger partial charge in [-0.25, -0.2) is 0 Å². The summed E-state index contributed by atoms with van der Waals surface area (Å²) in [4.78, 5) is 22.0. The molecule has 0 radical (unpaired) electrons. The average molecular weight is 1120 g/mol. The zero-order valence-electron chi connectivity index (χ0n) is 20.9. The maximum absolute atomic E-state index is 11.3. The predicted octanol–water partition coefficient (Wildman–Crippen LogP) is 0.996. The first kappa shape index (κ1) is 43.6. The minimum atomic E-state index is -0.113. The molecule has 0 fully saturated rings. The average Bonchev–Trinajstić information content (AvgIpc) is 2.96. The third-order valence-corrected chi connectivity index (χ3v) is 4.22. The number of alkyl halides is 1. The smallest absolute Gasteiger partial charge is 0.234 e. The topological polar surface area (TPSA) is 137 Å². The predicted molar refractivity (Wildman–Crippen MR) is 189 cm³/mol. The van der Waals surface area contributed by atoms with Crippen LogP contribution >= 0.6 is 86.1 Å². The number of nitrogens with two attached hydrogens (primary N) is 1. The molecule has 0 unspecified atom stereocenters. The van der Waals surface area contributed by atoms with Gasteiger partial charge in [-0.2, -0.15) is 0 Å². The molecule has 0 saturated heterocycles. The van der Waals surface area contributed by atoms with Gasteiger partial charge in [-0.3, -0.25) is 9.59 Å². The van der Waals surface area contributed by atoms with E-state index in [2.05, 4.69) is 90.4 Å². The molecule has 0 aromatic heterocycles. The molecule has 38 heavy (non-hydrogen) atoms. The number of aliphatic hydroxyl groups excluding tert-OH is 2. The number of aliphatic hydroxyl groups is 2. The number of halogens is 6. The third-order valence-electron chi connectivity index (χ3n) is 3.98. The molecule has 7 N–H and O–H groups in total. The first-order chi connectivity index (χ1) is 18.5. The minimum Gasteiger partial charge on any atom is -0.395 e. The Hall–Kier alpha value is 1.16. The Morgan fingerprint density at radius 2 is 1.18 bits per heavy atom. The van der Waals surface area contributed by atoms with Crippen molar-refractivity contribution in [3.63, 3.8) is 0 Å². The van der Waals surface area contributed by atoms with Crippen molar-refractivity contribution in [2.24, 2.45) is 5.73 Å². The number of hydrogen-bond acceptors (Lipinski definition) is 6. The molecular weight excluding hydrogens is 1080 g/mol. The Morgan fingerprint density at radius 3 is 1.53 bits per heavy atom. The van der Waals surface area contributed by atoms with Crippen LogP contribution in [0.5, 0.6) is 0 Å². The second-order valence-electron chi connectivity index (χ2n) is 6.77. The van der Waals surface area contributed by atoms with E-state index in [1.165, 1.54) is 11.1 Å². The van der Waals surface area contributed by atoms with E-state index in [0.29, 0.717) is 39.4 Å². The minimum absolute atomic E-state index is 0.0365. The van der Waals surface area contributed by atoms with Gasteiger partial charge >= 0.3 is 50.5 Å². The molecule has 0 spiro atoms. The van der Waals surface area contributed by atoms with Crippen molar-refractivity contribution in [2.45, 2.75) is 12.8 Å². The molecule has 8 nitrogen and oxygen atoms in total. The van der Waals surface area contributed by atoms with Crippen molar-refractivity contribution < 1.29 is 33.1 Å². The zero-order chi connectivity index (χ0) is 29.3. The van der Waals surface area contributed by atoms with Gasteiger partial charge in [0, 0.05) is 63.4 Å². The van der Waals surface area contributed by atoms with Crippen LogP contribution in [0, 0.1) is 0 Å². The fourth-order valence-corrected chi connectivity index (χ4v) is 2.47. The summed E-state index contributed by atoms with van der Waals surface area (Å²) in [5.41, 5.74) is 7.21. The van der Waals surface area contributed by atoms with Crippen LogP contribution in [0.15, 0.2) is 60.7 Å². The summed E-state index contributed by atoms with van der Waals surface area (Å²) in [6.07, 6.45) is 1.69. The van der Waals surface area contributed by atoms with Crippen LogP contribution in [-0.2, 0) is 22.4 Å². The fourth-order valence-electron chi connectivity index (χ4n) is 2.37. The first-order valence-corrected chi connectivity index (χ1v) is 30.7. The number of amides is 2. The quantitative estimate of drug-likeness (QED) is 0.107. The molecule has 14 heteroatoms. The molecule has 0 atom stereocenters. The molecule has 0 bridgehead atoms. The van der Waals surface area contributed by atoms with Crippen LogP contribution in [0.25, 0.3) is 0 Å². The van der Waals surface area contributed by atoms with Gasteiger partial charge in [-0.1, -0.05) is 60.7 Å². The second-order valence-corrected chi connectivity index (χ2v) is 23.3. The third kappa shape index (κ3) is 35.2. The Morgan fingerprint density at radius 1 is 0.789 bits per heavy atom. The van der Waals surface area contributed by atoms with Crippen LogP contribution in [-0.4, -0.2) is 73.8 Å². The number of carbonyl (C=O) groups is 2. The van der Waals surface area contributed by atoms with Crippen LogP contribution in [0.1, 0.15) is 11.1 Å². The van der Waals surface area contributed by atoms with Gasteiger partial charge in [0.2, 0.25) is 11.8 Å². The Bertz CT molecular complexity index is 755. The van der Waals surface area contributed by atoms with Crippen molar-refractivity contribution in [3.8, 4) is 0 Å². The SMILES string of the molecule is II.I[I-]I.NCCO.O=C(CCl)NCCc1ccccc1.O=C(CNCCO)NCCc1ccccc1. The van der Waals surface area contributed by atoms with E-state index < -0.39 is 0 Å². The van der Waals surface area contributed by atoms with Gasteiger partial charge in [0.15, 0.2) is 0 Å². The van der Waals surface area contributed by atoms with E-state index in [1.807, 2.05) is 60.7 Å². The number of benzene rings is 2. The monoisotopic (exact) mass is 1110 g/mol. The molecule has 2 aromatic rings. The Labute approximate surface area is 285 Å². The van der Waals surface area contributed by atoms with Crippen molar-refractivity contribution in [1.29, 1.82) is 0 Å². The maximum atomic E-state index is 11.3. The largest absolute Gasteiger partial charge is 0.395 e. The Kier molecular flexibility index (Phi) is 43.8. The molecule has 0 aliphatic carbocycles. The summed E-state index contributed by atoms with van der Waals surface area (Å²) in [5.74, 6) is -0.114. The maximum Gasteiger partial charge on any atom is 0.234 e. The van der Waals surface area contributed by atoms with Gasteiger partial charge in [-0.05, 0) is 24.0 Å². The molecule has 0 aliphatic rings. The van der Waals surface area contributed by atoms with Gasteiger partial charge in [0.05, 0.1) is 19.8 Å². The summed E-state index contributed by atoms with van der Waals surface area (Å²) in [7, 11) is 0. The standard InChI is InChI=1S/C12H18N2O2.C10H12ClNO.C2H7NO.I3.I2/c15-9-8-13-10-12(16)14-7-6-11-4-2-1-3-5-11;11-8-10(13)12-7-6-9-4-2-1-3-5-9;3-1-2-4;1-3-2;1-2/h1-5,13,15H,6-10H2,(H,14,16);1-5H,6-8H2,(H,12,13);4H,1-3H2;;/q;;;-1;. The molecule has 2 rings (SSSR count). The molecule has 2 aromatic carbocycles. The van der Waals surface area contributed by atoms with E-state index in [4.69, 9.17) is 27.5 Å². The number of rotatable bonds is 12. The summed E-state index contributed by atoms with van der Waals surface area (Å²) in [6.45, 7) is 2.53. The molecule has 220 valence electrons. The molecule has 0 saturated carbocycles. The van der Waals surface area contributed by atoms with E-state index >= 15 is 0 Å². The van der Waals surface area contributed by atoms with Crippen LogP contribution in [0.4, 0.5) is 0 Å². The number of carbonyl (C=O) groups excluding carboxylic acids is 2. The summed E-state index contributed by atoms with van der Waals surface area (Å²) >= 11 is 14.9. The fraction of sp³-hybridized carbons (Fsp3) is 0.417. The number of nitrogens with one attached hydrogen (secondary N) is 3. The summed E-state index contributed by atoms with van der Waals surface area (Å²) < 4.78 is 0. The summed E-state index contributed by atoms with van der Waals surface area (Å²) in [6, 6.07) is 20.0. The normalized spacial score (nSPS) is 9.05. The summed E-state index contributed by atoms with van der Waals surface area (Å²) in [5, 5.41) is 24.6. The van der Waals surface area contributed by atoms with Crippen LogP contribution < -0.4 is 34.9 Å². The van der Waals surface area contributed by atoms with Gasteiger partial charge < -0.3 is 31.9 Å². The van der Waals surface area contributed by atoms with Gasteiger partial charge in [-0.15, -0.1) is 11.6 Å². The first-order valence-electron chi connectivity index (χ1n) is 11.3. The van der Waals surface area contributed by atoms with E-state index in [1.54, 1.807) is 0 Å². The van der Waals surface area contributed by atoms with E-state index in [9.17, 15) is 9.59 Å². The Balaban J connectivity index is -0.000000497. The molecule has 2 amide bonds. The molecule has 0 aliphatic heterocycles. The zero-order valence-corrected chi connectivity index (χ0v) is 32.4. The molecule has 0 heterocycles. The van der Waals surface area contributed by atoms with Crippen molar-refractivity contribution in [3.05, 3.63) is 71.8 Å². The van der Waals surface area contributed by atoms with Gasteiger partial charge in [0.1, 0.15) is 5.88 Å². The van der Waals surface area contributed by atoms with Crippen molar-refractivity contribution in [2.75, 3.05) is 51.8 Å². The van der Waals surface area contributed by atoms with E-state index in [-0.39, 0.29) is 37.5 Å². The molecular formula is C24H37ClI5N4O4-. The van der Waals surface area contributed by atoms with Crippen LogP contribution in [0.3, 0.4) is 0 Å².